The monoisotopic (exact) mass is 264 g/mol. The molecule has 0 spiro atoms. The highest BCUT2D eigenvalue weighted by Gasteiger charge is 2.10. The Balaban J connectivity index is 1.82. The van der Waals surface area contributed by atoms with Crippen LogP contribution in [0, 0.1) is 6.92 Å². The zero-order chi connectivity index (χ0) is 13.7. The number of rotatable bonds is 5. The van der Waals surface area contributed by atoms with Gasteiger partial charge in [0.25, 0.3) is 0 Å². The molecule has 0 bridgehead atoms. The molecular formula is C14H20N2O3. The van der Waals surface area contributed by atoms with Gasteiger partial charge in [0.15, 0.2) is 0 Å². The minimum atomic E-state index is -0.877. The van der Waals surface area contributed by atoms with E-state index in [1.165, 1.54) is 0 Å². The number of hydrogen-bond acceptors (Lipinski definition) is 4. The van der Waals surface area contributed by atoms with Gasteiger partial charge in [0.05, 0.1) is 18.8 Å². The fourth-order valence-corrected chi connectivity index (χ4v) is 2.20. The van der Waals surface area contributed by atoms with E-state index >= 15 is 0 Å². The van der Waals surface area contributed by atoms with Crippen molar-refractivity contribution in [3.8, 4) is 0 Å². The fraction of sp³-hybridized carbons (Fsp3) is 0.500. The van der Waals surface area contributed by atoms with Gasteiger partial charge >= 0.3 is 5.97 Å². The van der Waals surface area contributed by atoms with Crippen LogP contribution in [0.4, 0.5) is 5.69 Å². The van der Waals surface area contributed by atoms with Crippen LogP contribution in [0.25, 0.3) is 0 Å². The zero-order valence-corrected chi connectivity index (χ0v) is 11.2. The molecule has 5 nitrogen and oxygen atoms in total. The predicted molar refractivity (Wildman–Crippen MR) is 73.9 cm³/mol. The normalized spacial score (nSPS) is 16.3. The molecule has 1 saturated heterocycles. The van der Waals surface area contributed by atoms with E-state index in [2.05, 4.69) is 10.2 Å². The van der Waals surface area contributed by atoms with E-state index < -0.39 is 5.97 Å². The third kappa shape index (κ3) is 3.94. The number of carboxylic acid groups (broad SMARTS) is 1. The molecule has 0 aromatic heterocycles. The summed E-state index contributed by atoms with van der Waals surface area (Å²) >= 11 is 0. The van der Waals surface area contributed by atoms with Crippen molar-refractivity contribution in [2.75, 3.05) is 44.7 Å². The Hall–Kier alpha value is -1.59. The lowest BCUT2D eigenvalue weighted by Gasteiger charge is -2.26. The molecule has 0 aliphatic carbocycles. The molecule has 1 aliphatic rings. The lowest BCUT2D eigenvalue weighted by Crippen LogP contribution is -2.39. The van der Waals surface area contributed by atoms with Gasteiger partial charge in [-0.1, -0.05) is 0 Å². The maximum atomic E-state index is 10.9. The largest absolute Gasteiger partial charge is 0.478 e. The fourth-order valence-electron chi connectivity index (χ4n) is 2.20. The van der Waals surface area contributed by atoms with Crippen LogP contribution in [0.2, 0.25) is 0 Å². The van der Waals surface area contributed by atoms with Gasteiger partial charge in [-0.15, -0.1) is 0 Å². The highest BCUT2D eigenvalue weighted by Crippen LogP contribution is 2.15. The Morgan fingerprint density at radius 1 is 1.42 bits per heavy atom. The number of carboxylic acids is 1. The zero-order valence-electron chi connectivity index (χ0n) is 11.2. The van der Waals surface area contributed by atoms with Gasteiger partial charge in [-0.25, -0.2) is 4.79 Å². The van der Waals surface area contributed by atoms with Gasteiger partial charge in [-0.2, -0.15) is 0 Å². The van der Waals surface area contributed by atoms with Crippen molar-refractivity contribution < 1.29 is 14.6 Å². The molecule has 0 unspecified atom stereocenters. The summed E-state index contributed by atoms with van der Waals surface area (Å²) in [5.41, 5.74) is 2.11. The lowest BCUT2D eigenvalue weighted by molar-refractivity contribution is 0.0398. The molecule has 104 valence electrons. The van der Waals surface area contributed by atoms with Crippen molar-refractivity contribution in [1.82, 2.24) is 4.90 Å². The van der Waals surface area contributed by atoms with Crippen LogP contribution < -0.4 is 5.32 Å². The van der Waals surface area contributed by atoms with Crippen molar-refractivity contribution in [3.63, 3.8) is 0 Å². The van der Waals surface area contributed by atoms with Crippen LogP contribution >= 0.6 is 0 Å². The van der Waals surface area contributed by atoms with Crippen molar-refractivity contribution in [2.45, 2.75) is 6.92 Å². The van der Waals surface area contributed by atoms with Crippen LogP contribution in [0.1, 0.15) is 15.9 Å². The maximum Gasteiger partial charge on any atom is 0.335 e. The first kappa shape index (κ1) is 13.8. The smallest absolute Gasteiger partial charge is 0.335 e. The number of morpholine rings is 1. The van der Waals surface area contributed by atoms with Crippen molar-refractivity contribution in [2.24, 2.45) is 0 Å². The van der Waals surface area contributed by atoms with Crippen molar-refractivity contribution in [1.29, 1.82) is 0 Å². The van der Waals surface area contributed by atoms with E-state index in [9.17, 15) is 4.79 Å². The number of nitrogens with zero attached hydrogens (tertiary/aromatic N) is 1. The molecule has 1 heterocycles. The minimum Gasteiger partial charge on any atom is -0.478 e. The molecule has 2 rings (SSSR count). The summed E-state index contributed by atoms with van der Waals surface area (Å²) in [7, 11) is 0. The van der Waals surface area contributed by atoms with Gasteiger partial charge in [-0.3, -0.25) is 4.90 Å². The second-order valence-electron chi connectivity index (χ2n) is 4.72. The third-order valence-electron chi connectivity index (χ3n) is 3.32. The average molecular weight is 264 g/mol. The quantitative estimate of drug-likeness (QED) is 0.842. The van der Waals surface area contributed by atoms with Crippen molar-refractivity contribution >= 4 is 11.7 Å². The number of ether oxygens (including phenoxy) is 1. The standard InChI is InChI=1S/C14H20N2O3/c1-11-10-12(2-3-13(11)14(17)18)15-4-5-16-6-8-19-9-7-16/h2-3,10,15H,4-9H2,1H3,(H,17,18). The molecule has 0 amide bonds. The van der Waals surface area contributed by atoms with E-state index in [-0.39, 0.29) is 0 Å². The van der Waals surface area contributed by atoms with E-state index in [0.29, 0.717) is 5.56 Å². The van der Waals surface area contributed by atoms with Crippen molar-refractivity contribution in [3.05, 3.63) is 29.3 Å². The molecule has 1 aromatic carbocycles. The number of hydrogen-bond donors (Lipinski definition) is 2. The Bertz CT molecular complexity index is 442. The number of nitrogens with one attached hydrogen (secondary N) is 1. The summed E-state index contributed by atoms with van der Waals surface area (Å²) < 4.78 is 5.30. The SMILES string of the molecule is Cc1cc(NCCN2CCOCC2)ccc1C(=O)O. The summed E-state index contributed by atoms with van der Waals surface area (Å²) in [4.78, 5) is 13.3. The third-order valence-corrected chi connectivity index (χ3v) is 3.32. The van der Waals surface area contributed by atoms with Gasteiger partial charge in [0, 0.05) is 31.9 Å². The first-order valence-corrected chi connectivity index (χ1v) is 6.55. The summed E-state index contributed by atoms with van der Waals surface area (Å²) in [6, 6.07) is 5.34. The first-order valence-electron chi connectivity index (χ1n) is 6.55. The Kier molecular flexibility index (Phi) is 4.76. The number of aromatic carboxylic acids is 1. The molecule has 0 radical (unpaired) electrons. The molecule has 0 saturated carbocycles. The van der Waals surface area contributed by atoms with E-state index in [0.717, 1.165) is 50.6 Å². The minimum absolute atomic E-state index is 0.360. The summed E-state index contributed by atoms with van der Waals surface area (Å²) in [6.45, 7) is 7.24. The second-order valence-corrected chi connectivity index (χ2v) is 4.72. The molecule has 1 aliphatic heterocycles. The Labute approximate surface area is 113 Å². The van der Waals surface area contributed by atoms with E-state index in [1.54, 1.807) is 6.07 Å². The topological polar surface area (TPSA) is 61.8 Å². The highest BCUT2D eigenvalue weighted by molar-refractivity contribution is 5.89. The highest BCUT2D eigenvalue weighted by atomic mass is 16.5. The molecule has 1 fully saturated rings. The maximum absolute atomic E-state index is 10.9. The van der Waals surface area contributed by atoms with Gasteiger partial charge in [0.2, 0.25) is 0 Å². The van der Waals surface area contributed by atoms with E-state index in [4.69, 9.17) is 9.84 Å². The number of carbonyl (C=O) groups is 1. The molecule has 0 atom stereocenters. The first-order chi connectivity index (χ1) is 9.16. The van der Waals surface area contributed by atoms with Gasteiger partial charge in [0.1, 0.15) is 0 Å². The van der Waals surface area contributed by atoms with E-state index in [1.807, 2.05) is 19.1 Å². The molecule has 1 aromatic rings. The summed E-state index contributed by atoms with van der Waals surface area (Å²) in [6.07, 6.45) is 0. The number of benzene rings is 1. The summed E-state index contributed by atoms with van der Waals surface area (Å²) in [5.74, 6) is -0.877. The summed E-state index contributed by atoms with van der Waals surface area (Å²) in [5, 5.41) is 12.3. The molecule has 5 heteroatoms. The molecule has 19 heavy (non-hydrogen) atoms. The number of aryl methyl sites for hydroxylation is 1. The predicted octanol–water partition coefficient (Wildman–Crippen LogP) is 1.44. The lowest BCUT2D eigenvalue weighted by atomic mass is 10.1. The van der Waals surface area contributed by atoms with Gasteiger partial charge < -0.3 is 15.2 Å². The second kappa shape index (κ2) is 6.54. The Morgan fingerprint density at radius 2 is 2.16 bits per heavy atom. The van der Waals surface area contributed by atoms with Crippen LogP contribution in [0.5, 0.6) is 0 Å². The molecule has 2 N–H and O–H groups in total. The van der Waals surface area contributed by atoms with Crippen LogP contribution in [0.15, 0.2) is 18.2 Å². The van der Waals surface area contributed by atoms with Gasteiger partial charge in [-0.05, 0) is 30.7 Å². The average Bonchev–Trinajstić information content (AvgIpc) is 2.39. The number of anilines is 1. The van der Waals surface area contributed by atoms with Crippen LogP contribution in [-0.2, 0) is 4.74 Å². The molecular weight excluding hydrogens is 244 g/mol. The van der Waals surface area contributed by atoms with Crippen LogP contribution in [-0.4, -0.2) is 55.4 Å². The Morgan fingerprint density at radius 3 is 2.79 bits per heavy atom. The van der Waals surface area contributed by atoms with Crippen LogP contribution in [0.3, 0.4) is 0 Å².